The lowest BCUT2D eigenvalue weighted by Gasteiger charge is -2.26. The lowest BCUT2D eigenvalue weighted by Crippen LogP contribution is -2.41. The van der Waals surface area contributed by atoms with E-state index in [1.165, 1.54) is 11.0 Å². The molecule has 0 aromatic heterocycles. The first-order valence-electron chi connectivity index (χ1n) is 9.20. The minimum atomic E-state index is -4.44. The summed E-state index contributed by atoms with van der Waals surface area (Å²) < 4.78 is 39.4. The van der Waals surface area contributed by atoms with Gasteiger partial charge in [-0.1, -0.05) is 60.7 Å². The molecule has 1 atom stereocenters. The number of amides is 1. The predicted molar refractivity (Wildman–Crippen MR) is 108 cm³/mol. The normalized spacial score (nSPS) is 19.1. The predicted octanol–water partition coefficient (Wildman–Crippen LogP) is 4.40. The Morgan fingerprint density at radius 3 is 2.07 bits per heavy atom. The molecule has 0 saturated carbocycles. The van der Waals surface area contributed by atoms with E-state index in [0.29, 0.717) is 22.3 Å². The van der Waals surface area contributed by atoms with Gasteiger partial charge in [0.2, 0.25) is 0 Å². The van der Waals surface area contributed by atoms with Crippen LogP contribution in [0.3, 0.4) is 0 Å². The van der Waals surface area contributed by atoms with Crippen molar-refractivity contribution in [3.63, 3.8) is 0 Å². The van der Waals surface area contributed by atoms with Crippen molar-refractivity contribution in [2.24, 2.45) is 10.7 Å². The van der Waals surface area contributed by atoms with Crippen LogP contribution in [-0.2, 0) is 16.5 Å². The van der Waals surface area contributed by atoms with Gasteiger partial charge in [0.15, 0.2) is 11.5 Å². The van der Waals surface area contributed by atoms with Crippen LogP contribution >= 0.6 is 0 Å². The molecule has 1 aliphatic rings. The third-order valence-corrected chi connectivity index (χ3v) is 5.24. The van der Waals surface area contributed by atoms with E-state index >= 15 is 0 Å². The van der Waals surface area contributed by atoms with Gasteiger partial charge in [0.05, 0.1) is 5.56 Å². The van der Waals surface area contributed by atoms with Gasteiger partial charge in [0.25, 0.3) is 5.91 Å². The van der Waals surface area contributed by atoms with E-state index in [1.54, 1.807) is 61.6 Å². The molecular formula is C23H18F3N3O. The third-order valence-electron chi connectivity index (χ3n) is 5.24. The molecule has 3 aromatic rings. The van der Waals surface area contributed by atoms with E-state index in [-0.39, 0.29) is 11.9 Å². The molecule has 30 heavy (non-hydrogen) atoms. The van der Waals surface area contributed by atoms with Crippen molar-refractivity contribution in [3.05, 3.63) is 95.6 Å². The maximum atomic E-state index is 13.3. The zero-order chi connectivity index (χ0) is 21.5. The Kier molecular flexibility index (Phi) is 4.61. The van der Waals surface area contributed by atoms with Crippen molar-refractivity contribution in [1.29, 1.82) is 0 Å². The fourth-order valence-electron chi connectivity index (χ4n) is 3.66. The summed E-state index contributed by atoms with van der Waals surface area (Å²) in [6.07, 6.45) is -4.44. The zero-order valence-electron chi connectivity index (χ0n) is 16.0. The highest BCUT2D eigenvalue weighted by molar-refractivity contribution is 6.09. The number of benzene rings is 3. The van der Waals surface area contributed by atoms with Crippen LogP contribution in [0.5, 0.6) is 0 Å². The van der Waals surface area contributed by atoms with Crippen LogP contribution in [0.25, 0.3) is 11.1 Å². The number of nitrogens with zero attached hydrogens (tertiary/aromatic N) is 2. The fraction of sp³-hybridized carbons (Fsp3) is 0.130. The Balaban J connectivity index is 1.89. The third kappa shape index (κ3) is 3.12. The smallest absolute Gasteiger partial charge is 0.369 e. The molecule has 0 saturated heterocycles. The summed E-state index contributed by atoms with van der Waals surface area (Å²) in [5.74, 6) is -0.249. The van der Waals surface area contributed by atoms with Crippen molar-refractivity contribution >= 4 is 11.9 Å². The number of hydrogen-bond acceptors (Lipinski definition) is 3. The largest absolute Gasteiger partial charge is 0.416 e. The van der Waals surface area contributed by atoms with Gasteiger partial charge < -0.3 is 5.73 Å². The van der Waals surface area contributed by atoms with Crippen molar-refractivity contribution < 1.29 is 18.0 Å². The lowest BCUT2D eigenvalue weighted by atomic mass is 9.81. The number of halogens is 3. The van der Waals surface area contributed by atoms with Crippen molar-refractivity contribution in [1.82, 2.24) is 4.90 Å². The lowest BCUT2D eigenvalue weighted by molar-refractivity contribution is -0.137. The quantitative estimate of drug-likeness (QED) is 0.697. The fourth-order valence-corrected chi connectivity index (χ4v) is 3.66. The first-order valence-corrected chi connectivity index (χ1v) is 9.20. The summed E-state index contributed by atoms with van der Waals surface area (Å²) in [6, 6.07) is 20.9. The van der Waals surface area contributed by atoms with E-state index in [1.807, 2.05) is 6.07 Å². The summed E-state index contributed by atoms with van der Waals surface area (Å²) in [4.78, 5) is 19.0. The Morgan fingerprint density at radius 2 is 1.47 bits per heavy atom. The van der Waals surface area contributed by atoms with E-state index in [2.05, 4.69) is 4.99 Å². The average molecular weight is 409 g/mol. The molecule has 3 aromatic carbocycles. The van der Waals surface area contributed by atoms with Crippen molar-refractivity contribution in [2.45, 2.75) is 11.7 Å². The first-order chi connectivity index (χ1) is 14.2. The second-order valence-corrected chi connectivity index (χ2v) is 7.07. The van der Waals surface area contributed by atoms with E-state index in [0.717, 1.165) is 12.1 Å². The van der Waals surface area contributed by atoms with Crippen LogP contribution < -0.4 is 5.73 Å². The highest BCUT2D eigenvalue weighted by Gasteiger charge is 2.49. The molecule has 1 amide bonds. The Bertz CT molecular complexity index is 1140. The van der Waals surface area contributed by atoms with Crippen LogP contribution in [0.15, 0.2) is 83.9 Å². The van der Waals surface area contributed by atoms with Crippen LogP contribution in [0.1, 0.15) is 16.7 Å². The van der Waals surface area contributed by atoms with Gasteiger partial charge in [-0.05, 0) is 40.5 Å². The number of rotatable bonds is 3. The number of carbonyl (C=O) groups is 1. The molecule has 0 spiro atoms. The molecule has 4 rings (SSSR count). The van der Waals surface area contributed by atoms with E-state index in [4.69, 9.17) is 5.73 Å². The van der Waals surface area contributed by atoms with Crippen LogP contribution in [0.2, 0.25) is 0 Å². The van der Waals surface area contributed by atoms with Crippen LogP contribution in [-0.4, -0.2) is 23.8 Å². The Hall–Kier alpha value is -3.61. The molecule has 152 valence electrons. The molecular weight excluding hydrogens is 391 g/mol. The highest BCUT2D eigenvalue weighted by atomic mass is 19.4. The summed E-state index contributed by atoms with van der Waals surface area (Å²) in [5, 5.41) is 0. The molecule has 0 aliphatic carbocycles. The number of likely N-dealkylation sites (N-methyl/N-ethyl adjacent to an activating group) is 1. The maximum absolute atomic E-state index is 13.3. The number of aliphatic imine (C=N–C) groups is 1. The van der Waals surface area contributed by atoms with Gasteiger partial charge in [0.1, 0.15) is 0 Å². The molecule has 7 heteroatoms. The van der Waals surface area contributed by atoms with Crippen molar-refractivity contribution in [2.75, 3.05) is 7.05 Å². The second kappa shape index (κ2) is 7.02. The molecule has 2 N–H and O–H groups in total. The molecule has 1 heterocycles. The first kappa shape index (κ1) is 19.7. The molecule has 0 bridgehead atoms. The summed E-state index contributed by atoms with van der Waals surface area (Å²) in [5.41, 5.74) is 5.94. The van der Waals surface area contributed by atoms with Gasteiger partial charge in [0, 0.05) is 7.05 Å². The SMILES string of the molecule is CN1C(=O)C(c2ccccc2)(c2cccc(-c3cccc(C(F)(F)F)c3)c2)N=C1N. The van der Waals surface area contributed by atoms with Gasteiger partial charge in [-0.3, -0.25) is 9.69 Å². The average Bonchev–Trinajstić information content (AvgIpc) is 2.99. The zero-order valence-corrected chi connectivity index (χ0v) is 16.0. The topological polar surface area (TPSA) is 58.7 Å². The molecule has 0 radical (unpaired) electrons. The highest BCUT2D eigenvalue weighted by Crippen LogP contribution is 2.40. The summed E-state index contributed by atoms with van der Waals surface area (Å²) in [7, 11) is 1.54. The van der Waals surface area contributed by atoms with E-state index < -0.39 is 17.3 Å². The number of alkyl halides is 3. The number of nitrogens with two attached hydrogens (primary N) is 1. The van der Waals surface area contributed by atoms with Gasteiger partial charge >= 0.3 is 6.18 Å². The molecule has 0 fully saturated rings. The number of hydrogen-bond donors (Lipinski definition) is 1. The number of guanidine groups is 1. The number of carbonyl (C=O) groups excluding carboxylic acids is 1. The molecule has 1 unspecified atom stereocenters. The molecule has 4 nitrogen and oxygen atoms in total. The van der Waals surface area contributed by atoms with Crippen LogP contribution in [0.4, 0.5) is 13.2 Å². The summed E-state index contributed by atoms with van der Waals surface area (Å²) in [6.45, 7) is 0. The minimum absolute atomic E-state index is 0.0772. The van der Waals surface area contributed by atoms with Gasteiger partial charge in [-0.25, -0.2) is 4.99 Å². The monoisotopic (exact) mass is 409 g/mol. The maximum Gasteiger partial charge on any atom is 0.416 e. The van der Waals surface area contributed by atoms with Crippen LogP contribution in [0, 0.1) is 0 Å². The van der Waals surface area contributed by atoms with Gasteiger partial charge in [-0.15, -0.1) is 0 Å². The van der Waals surface area contributed by atoms with E-state index in [9.17, 15) is 18.0 Å². The molecule has 1 aliphatic heterocycles. The standard InChI is InChI=1S/C23H18F3N3O/c1-29-20(30)22(28-21(29)27,17-9-3-2-4-10-17)18-11-5-7-15(13-18)16-8-6-12-19(14-16)23(24,25)26/h2-14H,1H3,(H2,27,28). The Labute approximate surface area is 171 Å². The second-order valence-electron chi connectivity index (χ2n) is 7.07. The van der Waals surface area contributed by atoms with Crippen molar-refractivity contribution in [3.8, 4) is 11.1 Å². The summed E-state index contributed by atoms with van der Waals surface area (Å²) >= 11 is 0. The minimum Gasteiger partial charge on any atom is -0.369 e. The van der Waals surface area contributed by atoms with Gasteiger partial charge in [-0.2, -0.15) is 13.2 Å². The Morgan fingerprint density at radius 1 is 0.867 bits per heavy atom.